The summed E-state index contributed by atoms with van der Waals surface area (Å²) in [5.74, 6) is 0.852. The number of ether oxygens (including phenoxy) is 1. The largest absolute Gasteiger partial charge is 0.390 e. The van der Waals surface area contributed by atoms with E-state index in [1.807, 2.05) is 13.1 Å². The van der Waals surface area contributed by atoms with Gasteiger partial charge in [-0.05, 0) is 25.0 Å². The third kappa shape index (κ3) is 2.89. The molecule has 1 aliphatic rings. The Morgan fingerprint density at radius 3 is 2.82 bits per heavy atom. The number of hydrogen-bond acceptors (Lipinski definition) is 4. The molecule has 0 aliphatic carbocycles. The first kappa shape index (κ1) is 12.6. The number of pyridine rings is 1. The quantitative estimate of drug-likeness (QED) is 0.897. The number of aliphatic hydroxyl groups excluding tert-OH is 1. The van der Waals surface area contributed by atoms with Crippen molar-refractivity contribution in [2.24, 2.45) is 0 Å². The van der Waals surface area contributed by atoms with Gasteiger partial charge in [0.2, 0.25) is 0 Å². The lowest BCUT2D eigenvalue weighted by Gasteiger charge is -2.32. The SMILES string of the molecule is CN(c1ccc(Cl)c(CO)n1)C1CCOCC1. The lowest BCUT2D eigenvalue weighted by Crippen LogP contribution is -2.37. The van der Waals surface area contributed by atoms with Crippen molar-refractivity contribution in [3.63, 3.8) is 0 Å². The van der Waals surface area contributed by atoms with Crippen LogP contribution in [0, 0.1) is 0 Å². The smallest absolute Gasteiger partial charge is 0.129 e. The molecule has 0 atom stereocenters. The Morgan fingerprint density at radius 2 is 2.18 bits per heavy atom. The molecular weight excluding hydrogens is 240 g/mol. The molecule has 1 aromatic rings. The molecule has 2 rings (SSSR count). The lowest BCUT2D eigenvalue weighted by atomic mass is 10.1. The van der Waals surface area contributed by atoms with E-state index in [2.05, 4.69) is 9.88 Å². The van der Waals surface area contributed by atoms with E-state index in [4.69, 9.17) is 21.4 Å². The molecule has 4 nitrogen and oxygen atoms in total. The second-order valence-corrected chi connectivity index (χ2v) is 4.62. The van der Waals surface area contributed by atoms with Crippen LogP contribution in [-0.2, 0) is 11.3 Å². The molecule has 0 unspecified atom stereocenters. The highest BCUT2D eigenvalue weighted by atomic mass is 35.5. The van der Waals surface area contributed by atoms with Crippen molar-refractivity contribution in [3.05, 3.63) is 22.8 Å². The molecule has 94 valence electrons. The van der Waals surface area contributed by atoms with Crippen molar-refractivity contribution in [2.75, 3.05) is 25.2 Å². The summed E-state index contributed by atoms with van der Waals surface area (Å²) in [4.78, 5) is 6.51. The number of nitrogens with zero attached hydrogens (tertiary/aromatic N) is 2. The molecule has 0 aromatic carbocycles. The minimum atomic E-state index is -0.131. The summed E-state index contributed by atoms with van der Waals surface area (Å²) >= 11 is 5.93. The maximum absolute atomic E-state index is 9.15. The van der Waals surface area contributed by atoms with Gasteiger partial charge >= 0.3 is 0 Å². The van der Waals surface area contributed by atoms with Gasteiger partial charge in [0.25, 0.3) is 0 Å². The van der Waals surface area contributed by atoms with Crippen LogP contribution in [-0.4, -0.2) is 36.4 Å². The highest BCUT2D eigenvalue weighted by molar-refractivity contribution is 6.31. The highest BCUT2D eigenvalue weighted by Crippen LogP contribution is 2.22. The summed E-state index contributed by atoms with van der Waals surface area (Å²) in [5, 5.41) is 9.66. The second-order valence-electron chi connectivity index (χ2n) is 4.21. The second kappa shape index (κ2) is 5.67. The van der Waals surface area contributed by atoms with Crippen LogP contribution in [0.2, 0.25) is 5.02 Å². The van der Waals surface area contributed by atoms with Crippen molar-refractivity contribution in [1.29, 1.82) is 0 Å². The van der Waals surface area contributed by atoms with Gasteiger partial charge in [0.1, 0.15) is 5.82 Å². The average molecular weight is 257 g/mol. The van der Waals surface area contributed by atoms with E-state index < -0.39 is 0 Å². The van der Waals surface area contributed by atoms with Gasteiger partial charge in [-0.3, -0.25) is 0 Å². The topological polar surface area (TPSA) is 45.6 Å². The molecule has 1 aliphatic heterocycles. The third-order valence-corrected chi connectivity index (χ3v) is 3.50. The number of hydrogen-bond donors (Lipinski definition) is 1. The van der Waals surface area contributed by atoms with Gasteiger partial charge in [-0.15, -0.1) is 0 Å². The Morgan fingerprint density at radius 1 is 1.47 bits per heavy atom. The van der Waals surface area contributed by atoms with Crippen LogP contribution in [0.25, 0.3) is 0 Å². The van der Waals surface area contributed by atoms with Crippen molar-refractivity contribution < 1.29 is 9.84 Å². The van der Waals surface area contributed by atoms with Crippen molar-refractivity contribution in [1.82, 2.24) is 4.98 Å². The molecular formula is C12H17ClN2O2. The van der Waals surface area contributed by atoms with E-state index >= 15 is 0 Å². The summed E-state index contributed by atoms with van der Waals surface area (Å²) in [7, 11) is 2.02. The normalized spacial score (nSPS) is 17.1. The van der Waals surface area contributed by atoms with Crippen molar-refractivity contribution in [2.45, 2.75) is 25.5 Å². The molecule has 0 bridgehead atoms. The van der Waals surface area contributed by atoms with E-state index in [1.54, 1.807) is 6.07 Å². The molecule has 2 heterocycles. The van der Waals surface area contributed by atoms with Gasteiger partial charge in [0.05, 0.1) is 17.3 Å². The summed E-state index contributed by atoms with van der Waals surface area (Å²) in [6.07, 6.45) is 2.02. The van der Waals surface area contributed by atoms with E-state index in [9.17, 15) is 0 Å². The van der Waals surface area contributed by atoms with Crippen LogP contribution in [0.5, 0.6) is 0 Å². The van der Waals surface area contributed by atoms with Crippen LogP contribution < -0.4 is 4.90 Å². The first-order valence-electron chi connectivity index (χ1n) is 5.79. The average Bonchev–Trinajstić information content (AvgIpc) is 2.39. The van der Waals surface area contributed by atoms with Crippen LogP contribution in [0.3, 0.4) is 0 Å². The Hall–Kier alpha value is -0.840. The summed E-state index contributed by atoms with van der Waals surface area (Å²) < 4.78 is 5.34. The first-order valence-corrected chi connectivity index (χ1v) is 6.17. The zero-order chi connectivity index (χ0) is 12.3. The fourth-order valence-electron chi connectivity index (χ4n) is 2.04. The molecule has 1 saturated heterocycles. The number of aliphatic hydroxyl groups is 1. The predicted molar refractivity (Wildman–Crippen MR) is 67.4 cm³/mol. The monoisotopic (exact) mass is 256 g/mol. The standard InChI is InChI=1S/C12H17ClN2O2/c1-15(9-4-6-17-7-5-9)12-3-2-10(13)11(8-16)14-12/h2-3,9,16H,4-8H2,1H3. The van der Waals surface area contributed by atoms with E-state index in [0.29, 0.717) is 16.8 Å². The fourth-order valence-corrected chi connectivity index (χ4v) is 2.20. The first-order chi connectivity index (χ1) is 8.22. The van der Waals surface area contributed by atoms with E-state index in [-0.39, 0.29) is 6.61 Å². The molecule has 1 aromatic heterocycles. The van der Waals surface area contributed by atoms with Gasteiger partial charge in [-0.25, -0.2) is 4.98 Å². The minimum Gasteiger partial charge on any atom is -0.390 e. The summed E-state index contributed by atoms with van der Waals surface area (Å²) in [6.45, 7) is 1.47. The number of halogens is 1. The predicted octanol–water partition coefficient (Wildman–Crippen LogP) is 1.84. The van der Waals surface area contributed by atoms with Crippen LogP contribution in [0.15, 0.2) is 12.1 Å². The zero-order valence-corrected chi connectivity index (χ0v) is 10.7. The third-order valence-electron chi connectivity index (χ3n) is 3.15. The molecule has 0 spiro atoms. The maximum atomic E-state index is 9.15. The van der Waals surface area contributed by atoms with Crippen molar-refractivity contribution >= 4 is 17.4 Å². The minimum absolute atomic E-state index is 0.131. The molecule has 5 heteroatoms. The highest BCUT2D eigenvalue weighted by Gasteiger charge is 2.20. The summed E-state index contributed by atoms with van der Waals surface area (Å²) in [5.41, 5.74) is 0.531. The Labute approximate surface area is 106 Å². The van der Waals surface area contributed by atoms with Gasteiger partial charge in [-0.2, -0.15) is 0 Å². The Balaban J connectivity index is 2.15. The number of aromatic nitrogens is 1. The van der Waals surface area contributed by atoms with Gasteiger partial charge in [-0.1, -0.05) is 11.6 Å². The van der Waals surface area contributed by atoms with Crippen LogP contribution >= 0.6 is 11.6 Å². The molecule has 1 N–H and O–H groups in total. The van der Waals surface area contributed by atoms with Crippen LogP contribution in [0.4, 0.5) is 5.82 Å². The van der Waals surface area contributed by atoms with E-state index in [0.717, 1.165) is 31.9 Å². The van der Waals surface area contributed by atoms with Gasteiger partial charge < -0.3 is 14.7 Å². The number of anilines is 1. The van der Waals surface area contributed by atoms with Gasteiger partial charge in [0.15, 0.2) is 0 Å². The molecule has 17 heavy (non-hydrogen) atoms. The maximum Gasteiger partial charge on any atom is 0.129 e. The molecule has 0 radical (unpaired) electrons. The Kier molecular flexibility index (Phi) is 4.20. The van der Waals surface area contributed by atoms with Crippen LogP contribution in [0.1, 0.15) is 18.5 Å². The lowest BCUT2D eigenvalue weighted by molar-refractivity contribution is 0.0853. The summed E-state index contributed by atoms with van der Waals surface area (Å²) in [6, 6.07) is 4.12. The fraction of sp³-hybridized carbons (Fsp3) is 0.583. The van der Waals surface area contributed by atoms with Gasteiger partial charge in [0, 0.05) is 26.3 Å². The molecule has 0 amide bonds. The Bertz CT molecular complexity index is 381. The molecule has 1 fully saturated rings. The van der Waals surface area contributed by atoms with E-state index in [1.165, 1.54) is 0 Å². The molecule has 0 saturated carbocycles. The number of rotatable bonds is 3. The zero-order valence-electron chi connectivity index (χ0n) is 9.90. The van der Waals surface area contributed by atoms with Crippen molar-refractivity contribution in [3.8, 4) is 0 Å².